The number of methoxy groups -OCH3 is 1. The SMILES string of the molecule is COc1ccc(OCC(=O)NNC(=O)COc2ccccc2[N+](=O)[O-])cc1. The first kappa shape index (κ1) is 19.5. The lowest BCUT2D eigenvalue weighted by atomic mass is 10.3. The van der Waals surface area contributed by atoms with Crippen LogP contribution in [0.5, 0.6) is 17.2 Å². The molecule has 0 radical (unpaired) electrons. The minimum absolute atomic E-state index is 0.0492. The maximum absolute atomic E-state index is 11.7. The van der Waals surface area contributed by atoms with Gasteiger partial charge in [-0.2, -0.15) is 0 Å². The van der Waals surface area contributed by atoms with E-state index in [1.807, 2.05) is 0 Å². The molecule has 0 aliphatic heterocycles. The van der Waals surface area contributed by atoms with Crippen LogP contribution < -0.4 is 25.1 Å². The van der Waals surface area contributed by atoms with Crippen molar-refractivity contribution >= 4 is 17.5 Å². The Bertz CT molecular complexity index is 808. The maximum atomic E-state index is 11.7. The zero-order valence-electron chi connectivity index (χ0n) is 14.3. The first-order valence-electron chi connectivity index (χ1n) is 7.70. The summed E-state index contributed by atoms with van der Waals surface area (Å²) < 4.78 is 15.3. The number of amides is 2. The van der Waals surface area contributed by atoms with Crippen molar-refractivity contribution in [1.82, 2.24) is 10.9 Å². The molecule has 10 heteroatoms. The van der Waals surface area contributed by atoms with E-state index in [0.29, 0.717) is 11.5 Å². The predicted molar refractivity (Wildman–Crippen MR) is 93.4 cm³/mol. The second-order valence-electron chi connectivity index (χ2n) is 5.07. The van der Waals surface area contributed by atoms with Crippen LogP contribution in [-0.4, -0.2) is 37.1 Å². The lowest BCUT2D eigenvalue weighted by Gasteiger charge is -2.10. The lowest BCUT2D eigenvalue weighted by Crippen LogP contribution is -2.45. The highest BCUT2D eigenvalue weighted by molar-refractivity contribution is 5.83. The highest BCUT2D eigenvalue weighted by atomic mass is 16.6. The molecule has 2 aromatic carbocycles. The van der Waals surface area contributed by atoms with Crippen LogP contribution in [-0.2, 0) is 9.59 Å². The predicted octanol–water partition coefficient (Wildman–Crippen LogP) is 1.21. The average Bonchev–Trinajstić information content (AvgIpc) is 2.69. The van der Waals surface area contributed by atoms with Crippen LogP contribution >= 0.6 is 0 Å². The summed E-state index contributed by atoms with van der Waals surface area (Å²) in [5, 5.41) is 10.9. The summed E-state index contributed by atoms with van der Waals surface area (Å²) in [6.45, 7) is -0.831. The minimum atomic E-state index is -0.689. The topological polar surface area (TPSA) is 129 Å². The van der Waals surface area contributed by atoms with Crippen molar-refractivity contribution in [2.45, 2.75) is 0 Å². The Kier molecular flexibility index (Phi) is 6.94. The van der Waals surface area contributed by atoms with Crippen molar-refractivity contribution in [2.75, 3.05) is 20.3 Å². The summed E-state index contributed by atoms with van der Waals surface area (Å²) in [5.74, 6) is -0.225. The number of carbonyl (C=O) groups is 2. The zero-order chi connectivity index (χ0) is 19.6. The van der Waals surface area contributed by atoms with Gasteiger partial charge in [0.1, 0.15) is 11.5 Å². The Morgan fingerprint density at radius 1 is 0.926 bits per heavy atom. The molecule has 0 spiro atoms. The van der Waals surface area contributed by atoms with Gasteiger partial charge in [-0.3, -0.25) is 30.6 Å². The molecule has 2 aromatic rings. The second-order valence-corrected chi connectivity index (χ2v) is 5.07. The van der Waals surface area contributed by atoms with E-state index in [2.05, 4.69) is 10.9 Å². The van der Waals surface area contributed by atoms with Crippen LogP contribution in [0.2, 0.25) is 0 Å². The average molecular weight is 375 g/mol. The third kappa shape index (κ3) is 6.20. The van der Waals surface area contributed by atoms with Gasteiger partial charge in [0.2, 0.25) is 0 Å². The Morgan fingerprint density at radius 3 is 2.07 bits per heavy atom. The van der Waals surface area contributed by atoms with Gasteiger partial charge in [-0.05, 0) is 30.3 Å². The monoisotopic (exact) mass is 375 g/mol. The number of benzene rings is 2. The van der Waals surface area contributed by atoms with E-state index in [4.69, 9.17) is 14.2 Å². The summed E-state index contributed by atoms with van der Waals surface area (Å²) in [7, 11) is 1.53. The van der Waals surface area contributed by atoms with E-state index in [1.165, 1.54) is 25.3 Å². The van der Waals surface area contributed by atoms with Crippen molar-refractivity contribution in [3.8, 4) is 17.2 Å². The van der Waals surface area contributed by atoms with E-state index in [9.17, 15) is 19.7 Å². The fourth-order valence-corrected chi connectivity index (χ4v) is 1.91. The van der Waals surface area contributed by atoms with Crippen LogP contribution in [0.4, 0.5) is 5.69 Å². The van der Waals surface area contributed by atoms with Gasteiger partial charge in [0, 0.05) is 6.07 Å². The Balaban J connectivity index is 1.71. The molecule has 0 aliphatic rings. The van der Waals surface area contributed by atoms with Gasteiger partial charge in [0.15, 0.2) is 19.0 Å². The Morgan fingerprint density at radius 2 is 1.48 bits per heavy atom. The molecule has 0 saturated carbocycles. The van der Waals surface area contributed by atoms with E-state index in [1.54, 1.807) is 30.3 Å². The molecular formula is C17H17N3O7. The molecule has 10 nitrogen and oxygen atoms in total. The van der Waals surface area contributed by atoms with Gasteiger partial charge >= 0.3 is 5.69 Å². The number of nitrogens with one attached hydrogen (secondary N) is 2. The van der Waals surface area contributed by atoms with E-state index in [-0.39, 0.29) is 18.0 Å². The van der Waals surface area contributed by atoms with Gasteiger partial charge in [-0.15, -0.1) is 0 Å². The third-order valence-electron chi connectivity index (χ3n) is 3.19. The van der Waals surface area contributed by atoms with Gasteiger partial charge in [0.05, 0.1) is 12.0 Å². The fraction of sp³-hybridized carbons (Fsp3) is 0.176. The molecule has 0 saturated heterocycles. The first-order chi connectivity index (χ1) is 13.0. The zero-order valence-corrected chi connectivity index (χ0v) is 14.3. The molecule has 0 bridgehead atoms. The second kappa shape index (κ2) is 9.61. The van der Waals surface area contributed by atoms with E-state index >= 15 is 0 Å². The van der Waals surface area contributed by atoms with Crippen LogP contribution in [0.15, 0.2) is 48.5 Å². The normalized spacial score (nSPS) is 9.81. The van der Waals surface area contributed by atoms with Crippen LogP contribution in [0.3, 0.4) is 0 Å². The number of hydrogen-bond acceptors (Lipinski definition) is 7. The minimum Gasteiger partial charge on any atom is -0.497 e. The number of rotatable bonds is 8. The summed E-state index contributed by atoms with van der Waals surface area (Å²) in [6, 6.07) is 12.3. The molecule has 2 N–H and O–H groups in total. The molecule has 0 heterocycles. The van der Waals surface area contributed by atoms with E-state index < -0.39 is 23.3 Å². The molecule has 0 fully saturated rings. The molecule has 0 unspecified atom stereocenters. The number of hydrazine groups is 1. The number of hydrogen-bond donors (Lipinski definition) is 2. The molecule has 0 atom stereocenters. The van der Waals surface area contributed by atoms with E-state index in [0.717, 1.165) is 0 Å². The van der Waals surface area contributed by atoms with Gasteiger partial charge in [0.25, 0.3) is 11.8 Å². The van der Waals surface area contributed by atoms with Crippen LogP contribution in [0.25, 0.3) is 0 Å². The third-order valence-corrected chi connectivity index (χ3v) is 3.19. The molecule has 2 rings (SSSR count). The smallest absolute Gasteiger partial charge is 0.310 e. The summed E-state index contributed by atoms with van der Waals surface area (Å²) >= 11 is 0. The highest BCUT2D eigenvalue weighted by Gasteiger charge is 2.15. The molecule has 142 valence electrons. The number of nitrogens with zero attached hydrogens (tertiary/aromatic N) is 1. The molecule has 27 heavy (non-hydrogen) atoms. The number of ether oxygens (including phenoxy) is 3. The number of nitro groups is 1. The Labute approximate surface area is 154 Å². The van der Waals surface area contributed by atoms with Crippen molar-refractivity contribution in [3.63, 3.8) is 0 Å². The summed E-state index contributed by atoms with van der Waals surface area (Å²) in [5.41, 5.74) is 4.01. The maximum Gasteiger partial charge on any atom is 0.310 e. The largest absolute Gasteiger partial charge is 0.497 e. The summed E-state index contributed by atoms with van der Waals surface area (Å²) in [6.07, 6.45) is 0. The molecular weight excluding hydrogens is 358 g/mol. The molecule has 2 amide bonds. The standard InChI is InChI=1S/C17H17N3O7/c1-25-12-6-8-13(9-7-12)26-10-16(21)18-19-17(22)11-27-15-5-3-2-4-14(15)20(23)24/h2-9H,10-11H2,1H3,(H,18,21)(H,19,22). The number of para-hydroxylation sites is 2. The lowest BCUT2D eigenvalue weighted by molar-refractivity contribution is -0.385. The van der Waals surface area contributed by atoms with Crippen molar-refractivity contribution in [2.24, 2.45) is 0 Å². The Hall–Kier alpha value is -3.82. The van der Waals surface area contributed by atoms with Gasteiger partial charge in [-0.1, -0.05) is 12.1 Å². The van der Waals surface area contributed by atoms with Crippen molar-refractivity contribution in [3.05, 3.63) is 58.6 Å². The molecule has 0 aromatic heterocycles. The fourth-order valence-electron chi connectivity index (χ4n) is 1.91. The summed E-state index contributed by atoms with van der Waals surface area (Å²) in [4.78, 5) is 33.6. The van der Waals surface area contributed by atoms with Crippen LogP contribution in [0.1, 0.15) is 0 Å². The highest BCUT2D eigenvalue weighted by Crippen LogP contribution is 2.25. The van der Waals surface area contributed by atoms with Crippen molar-refractivity contribution < 1.29 is 28.7 Å². The molecule has 0 aliphatic carbocycles. The number of nitro benzene ring substituents is 1. The quantitative estimate of drug-likeness (QED) is 0.524. The van der Waals surface area contributed by atoms with Crippen molar-refractivity contribution in [1.29, 1.82) is 0 Å². The number of carbonyl (C=O) groups excluding carboxylic acids is 2. The van der Waals surface area contributed by atoms with Gasteiger partial charge < -0.3 is 14.2 Å². The first-order valence-corrected chi connectivity index (χ1v) is 7.70. The van der Waals surface area contributed by atoms with Crippen LogP contribution in [0, 0.1) is 10.1 Å². The van der Waals surface area contributed by atoms with Gasteiger partial charge in [-0.25, -0.2) is 0 Å².